The molecule has 0 bridgehead atoms. The third kappa shape index (κ3) is 5.14. The van der Waals surface area contributed by atoms with Crippen LogP contribution in [0.2, 0.25) is 0 Å². The Labute approximate surface area is 214 Å². The van der Waals surface area contributed by atoms with Gasteiger partial charge < -0.3 is 14.4 Å². The number of carbonyl (C=O) groups is 1. The van der Waals surface area contributed by atoms with Crippen molar-refractivity contribution in [3.8, 4) is 5.75 Å². The first-order chi connectivity index (χ1) is 17.3. The van der Waals surface area contributed by atoms with Crippen molar-refractivity contribution in [1.29, 1.82) is 0 Å². The highest BCUT2D eigenvalue weighted by atomic mass is 32.1. The van der Waals surface area contributed by atoms with Gasteiger partial charge in [0.25, 0.3) is 5.56 Å². The van der Waals surface area contributed by atoms with Crippen LogP contribution in [0.3, 0.4) is 0 Å². The zero-order valence-corrected chi connectivity index (χ0v) is 22.1. The Kier molecular flexibility index (Phi) is 7.74. The summed E-state index contributed by atoms with van der Waals surface area (Å²) in [7, 11) is 3.93. The van der Waals surface area contributed by atoms with E-state index in [1.165, 1.54) is 11.3 Å². The Hall–Kier alpha value is -3.65. The van der Waals surface area contributed by atoms with Crippen LogP contribution in [0.4, 0.5) is 5.69 Å². The highest BCUT2D eigenvalue weighted by molar-refractivity contribution is 7.07. The number of rotatable bonds is 8. The molecule has 4 rings (SSSR count). The van der Waals surface area contributed by atoms with Crippen molar-refractivity contribution in [1.82, 2.24) is 4.57 Å². The largest absolute Gasteiger partial charge is 0.494 e. The van der Waals surface area contributed by atoms with Gasteiger partial charge in [0, 0.05) is 19.8 Å². The number of carbonyl (C=O) groups excluding carboxylic acids is 1. The Morgan fingerprint density at radius 2 is 1.81 bits per heavy atom. The van der Waals surface area contributed by atoms with Crippen LogP contribution in [0.15, 0.2) is 69.6 Å². The van der Waals surface area contributed by atoms with E-state index in [1.807, 2.05) is 73.6 Å². The van der Waals surface area contributed by atoms with E-state index < -0.39 is 12.0 Å². The molecule has 0 spiro atoms. The second-order valence-corrected chi connectivity index (χ2v) is 9.71. The minimum Gasteiger partial charge on any atom is -0.494 e. The summed E-state index contributed by atoms with van der Waals surface area (Å²) < 4.78 is 13.2. The third-order valence-electron chi connectivity index (χ3n) is 5.89. The fourth-order valence-corrected chi connectivity index (χ4v) is 5.14. The first-order valence-electron chi connectivity index (χ1n) is 12.0. The van der Waals surface area contributed by atoms with Crippen molar-refractivity contribution in [3.63, 3.8) is 0 Å². The number of anilines is 1. The lowest BCUT2D eigenvalue weighted by Crippen LogP contribution is -2.39. The van der Waals surface area contributed by atoms with E-state index in [-0.39, 0.29) is 12.2 Å². The molecule has 3 aromatic rings. The molecule has 8 heteroatoms. The molecule has 7 nitrogen and oxygen atoms in total. The maximum absolute atomic E-state index is 13.7. The molecule has 2 aromatic carbocycles. The molecule has 1 atom stereocenters. The van der Waals surface area contributed by atoms with Gasteiger partial charge in [-0.05, 0) is 61.7 Å². The number of aromatic nitrogens is 1. The van der Waals surface area contributed by atoms with Crippen molar-refractivity contribution in [2.75, 3.05) is 32.2 Å². The molecule has 1 aliphatic heterocycles. The summed E-state index contributed by atoms with van der Waals surface area (Å²) in [6.07, 6.45) is 2.79. The SMILES string of the molecule is CCCOc1ccc(/C=c2\sc3n(c2=O)[C@@H](c2ccc(N(C)C)cc2)C(C(=O)OCC)=C(C)N=3)cc1. The van der Waals surface area contributed by atoms with E-state index in [1.54, 1.807) is 18.4 Å². The smallest absolute Gasteiger partial charge is 0.338 e. The molecule has 1 aromatic heterocycles. The standard InChI is InChI=1S/C28H31N3O4S/c1-6-16-35-22-14-8-19(9-15-22)17-23-26(32)31-25(20-10-12-21(13-11-20)30(4)5)24(27(33)34-7-2)18(3)29-28(31)36-23/h8-15,17,25H,6-7,16H2,1-5H3/b23-17-/t25-/m0/s1. The van der Waals surface area contributed by atoms with Gasteiger partial charge in [0.05, 0.1) is 35.1 Å². The number of nitrogens with zero attached hydrogens (tertiary/aromatic N) is 3. The molecular weight excluding hydrogens is 474 g/mol. The van der Waals surface area contributed by atoms with Crippen molar-refractivity contribution in [2.24, 2.45) is 4.99 Å². The number of allylic oxidation sites excluding steroid dienone is 1. The monoisotopic (exact) mass is 505 g/mol. The first-order valence-corrected chi connectivity index (χ1v) is 12.9. The second kappa shape index (κ2) is 11.0. The minimum absolute atomic E-state index is 0.193. The fraction of sp³-hybridized carbons (Fsp3) is 0.321. The quantitative estimate of drug-likeness (QED) is 0.437. The van der Waals surface area contributed by atoms with Crippen molar-refractivity contribution >= 4 is 29.1 Å². The number of esters is 1. The second-order valence-electron chi connectivity index (χ2n) is 8.71. The van der Waals surface area contributed by atoms with Crippen LogP contribution in [0.1, 0.15) is 44.4 Å². The van der Waals surface area contributed by atoms with Crippen molar-refractivity contribution in [2.45, 2.75) is 33.2 Å². The molecular formula is C28H31N3O4S. The maximum Gasteiger partial charge on any atom is 0.338 e. The van der Waals surface area contributed by atoms with E-state index in [9.17, 15) is 9.59 Å². The predicted octanol–water partition coefficient (Wildman–Crippen LogP) is 3.65. The molecule has 36 heavy (non-hydrogen) atoms. The summed E-state index contributed by atoms with van der Waals surface area (Å²) in [4.78, 5) is 33.9. The first kappa shape index (κ1) is 25.4. The maximum atomic E-state index is 13.7. The van der Waals surface area contributed by atoms with Gasteiger partial charge in [0.15, 0.2) is 4.80 Å². The van der Waals surface area contributed by atoms with Crippen LogP contribution in [0.25, 0.3) is 6.08 Å². The summed E-state index contributed by atoms with van der Waals surface area (Å²) in [5, 5.41) is 0. The average Bonchev–Trinajstić information content (AvgIpc) is 3.17. The van der Waals surface area contributed by atoms with Crippen LogP contribution in [0, 0.1) is 0 Å². The molecule has 0 radical (unpaired) electrons. The third-order valence-corrected chi connectivity index (χ3v) is 6.88. The zero-order valence-electron chi connectivity index (χ0n) is 21.3. The van der Waals surface area contributed by atoms with Gasteiger partial charge in [-0.3, -0.25) is 9.36 Å². The van der Waals surface area contributed by atoms with Gasteiger partial charge in [-0.1, -0.05) is 42.5 Å². The van der Waals surface area contributed by atoms with Gasteiger partial charge in [-0.25, -0.2) is 9.79 Å². The lowest BCUT2D eigenvalue weighted by Gasteiger charge is -2.25. The van der Waals surface area contributed by atoms with Gasteiger partial charge in [0.1, 0.15) is 5.75 Å². The predicted molar refractivity (Wildman–Crippen MR) is 143 cm³/mol. The zero-order chi connectivity index (χ0) is 25.8. The summed E-state index contributed by atoms with van der Waals surface area (Å²) >= 11 is 1.31. The number of thiazole rings is 1. The summed E-state index contributed by atoms with van der Waals surface area (Å²) in [6.45, 7) is 6.52. The van der Waals surface area contributed by atoms with E-state index in [0.29, 0.717) is 27.2 Å². The van der Waals surface area contributed by atoms with Crippen molar-refractivity contribution < 1.29 is 14.3 Å². The van der Waals surface area contributed by atoms with E-state index >= 15 is 0 Å². The van der Waals surface area contributed by atoms with E-state index in [2.05, 4.69) is 11.9 Å². The summed E-state index contributed by atoms with van der Waals surface area (Å²) in [5.41, 5.74) is 3.48. The van der Waals surface area contributed by atoms with Gasteiger partial charge in [-0.15, -0.1) is 0 Å². The summed E-state index contributed by atoms with van der Waals surface area (Å²) in [6, 6.07) is 14.9. The number of hydrogen-bond donors (Lipinski definition) is 0. The van der Waals surface area contributed by atoms with Crippen LogP contribution < -0.4 is 24.5 Å². The van der Waals surface area contributed by atoms with Crippen LogP contribution >= 0.6 is 11.3 Å². The average molecular weight is 506 g/mol. The normalized spacial score (nSPS) is 15.4. The Morgan fingerprint density at radius 3 is 2.42 bits per heavy atom. The van der Waals surface area contributed by atoms with E-state index in [0.717, 1.165) is 29.0 Å². The molecule has 0 saturated heterocycles. The lowest BCUT2D eigenvalue weighted by molar-refractivity contribution is -0.139. The van der Waals surface area contributed by atoms with Crippen LogP contribution in [-0.4, -0.2) is 37.8 Å². The Morgan fingerprint density at radius 1 is 1.11 bits per heavy atom. The Balaban J connectivity index is 1.83. The molecule has 0 amide bonds. The van der Waals surface area contributed by atoms with Gasteiger partial charge in [0.2, 0.25) is 0 Å². The molecule has 188 valence electrons. The molecule has 2 heterocycles. The Bertz CT molecular complexity index is 1450. The molecule has 0 aliphatic carbocycles. The highest BCUT2D eigenvalue weighted by Crippen LogP contribution is 2.31. The topological polar surface area (TPSA) is 73.1 Å². The summed E-state index contributed by atoms with van der Waals surface area (Å²) in [5.74, 6) is 0.337. The van der Waals surface area contributed by atoms with Gasteiger partial charge in [-0.2, -0.15) is 0 Å². The lowest BCUT2D eigenvalue weighted by atomic mass is 9.95. The number of hydrogen-bond acceptors (Lipinski definition) is 7. The molecule has 1 aliphatic rings. The number of ether oxygens (including phenoxy) is 2. The van der Waals surface area contributed by atoms with E-state index in [4.69, 9.17) is 9.47 Å². The molecule has 0 fully saturated rings. The molecule has 0 saturated carbocycles. The minimum atomic E-state index is -0.622. The van der Waals surface area contributed by atoms with Crippen molar-refractivity contribution in [3.05, 3.63) is 90.6 Å². The highest BCUT2D eigenvalue weighted by Gasteiger charge is 2.33. The van der Waals surface area contributed by atoms with Crippen LogP contribution in [-0.2, 0) is 9.53 Å². The molecule has 0 unspecified atom stereocenters. The van der Waals surface area contributed by atoms with Crippen LogP contribution in [0.5, 0.6) is 5.75 Å². The van der Waals surface area contributed by atoms with Gasteiger partial charge >= 0.3 is 5.97 Å². The fourth-order valence-electron chi connectivity index (χ4n) is 4.09. The molecule has 0 N–H and O–H groups in total. The number of benzene rings is 2. The number of fused-ring (bicyclic) bond motifs is 1.